The molecule has 1 aliphatic rings. The Morgan fingerprint density at radius 2 is 2.11 bits per heavy atom. The predicted molar refractivity (Wildman–Crippen MR) is 65.3 cm³/mol. The van der Waals surface area contributed by atoms with Gasteiger partial charge in [-0.25, -0.2) is 4.98 Å². The number of rotatable bonds is 6. The first-order chi connectivity index (χ1) is 8.85. The summed E-state index contributed by atoms with van der Waals surface area (Å²) in [5.41, 5.74) is 0.793. The smallest absolute Gasteiger partial charge is 0.236 e. The zero-order valence-corrected chi connectivity index (χ0v) is 10.8. The van der Waals surface area contributed by atoms with Crippen molar-refractivity contribution in [2.24, 2.45) is 0 Å². The van der Waals surface area contributed by atoms with Gasteiger partial charge < -0.3 is 19.5 Å². The molecule has 0 bridgehead atoms. The van der Waals surface area contributed by atoms with E-state index in [1.165, 1.54) is 0 Å². The lowest BCUT2D eigenvalue weighted by Crippen LogP contribution is -2.27. The van der Waals surface area contributed by atoms with Crippen molar-refractivity contribution in [3.63, 3.8) is 0 Å². The first kappa shape index (κ1) is 13.2. The Kier molecular flexibility index (Phi) is 4.86. The Balaban J connectivity index is 2.11. The summed E-state index contributed by atoms with van der Waals surface area (Å²) in [4.78, 5) is 8.52. The minimum absolute atomic E-state index is 0.0155. The van der Waals surface area contributed by atoms with Crippen LogP contribution >= 0.6 is 0 Å². The lowest BCUT2D eigenvalue weighted by atomic mass is 10.1. The van der Waals surface area contributed by atoms with Gasteiger partial charge >= 0.3 is 0 Å². The summed E-state index contributed by atoms with van der Waals surface area (Å²) < 4.78 is 16.2. The molecular formula is C12H19N3O3. The van der Waals surface area contributed by atoms with Gasteiger partial charge in [0.05, 0.1) is 26.4 Å². The summed E-state index contributed by atoms with van der Waals surface area (Å²) in [7, 11) is 1.60. The maximum atomic E-state index is 5.47. The third-order valence-electron chi connectivity index (χ3n) is 2.78. The molecule has 1 fully saturated rings. The second-order valence-electron chi connectivity index (χ2n) is 3.97. The molecule has 0 aliphatic carbocycles. The van der Waals surface area contributed by atoms with Crippen LogP contribution in [0, 0.1) is 0 Å². The van der Waals surface area contributed by atoms with Crippen molar-refractivity contribution in [2.75, 3.05) is 26.9 Å². The van der Waals surface area contributed by atoms with Crippen molar-refractivity contribution in [2.45, 2.75) is 25.7 Å². The van der Waals surface area contributed by atoms with E-state index in [-0.39, 0.29) is 12.3 Å². The van der Waals surface area contributed by atoms with Crippen LogP contribution in [0.2, 0.25) is 0 Å². The topological polar surface area (TPSA) is 65.5 Å². The number of aromatic nitrogens is 2. The molecule has 1 aromatic rings. The fourth-order valence-electron chi connectivity index (χ4n) is 2.01. The van der Waals surface area contributed by atoms with Crippen molar-refractivity contribution in [3.8, 4) is 5.88 Å². The second-order valence-corrected chi connectivity index (χ2v) is 3.97. The van der Waals surface area contributed by atoms with Crippen molar-refractivity contribution < 1.29 is 14.2 Å². The molecule has 1 saturated heterocycles. The van der Waals surface area contributed by atoms with E-state index in [1.54, 1.807) is 19.5 Å². The van der Waals surface area contributed by atoms with Crippen LogP contribution in [0.1, 0.15) is 25.1 Å². The summed E-state index contributed by atoms with van der Waals surface area (Å²) in [5.74, 6) is 0.543. The van der Waals surface area contributed by atoms with Gasteiger partial charge in [-0.3, -0.25) is 4.98 Å². The standard InChI is InChI=1S/C12H19N3O3/c1-3-13-9(8-10-17-6-7-18-10)11-12(16-2)15-5-4-14-11/h4-5,9-10,13H,3,6-8H2,1-2H3. The van der Waals surface area contributed by atoms with E-state index in [1.807, 2.05) is 6.92 Å². The van der Waals surface area contributed by atoms with Crippen molar-refractivity contribution in [1.29, 1.82) is 0 Å². The Hall–Kier alpha value is -1.24. The molecule has 0 spiro atoms. The minimum Gasteiger partial charge on any atom is -0.480 e. The summed E-state index contributed by atoms with van der Waals surface area (Å²) in [5, 5.41) is 3.36. The van der Waals surface area contributed by atoms with Crippen molar-refractivity contribution in [1.82, 2.24) is 15.3 Å². The Labute approximate surface area is 107 Å². The van der Waals surface area contributed by atoms with Gasteiger partial charge in [-0.2, -0.15) is 0 Å². The quantitative estimate of drug-likeness (QED) is 0.812. The van der Waals surface area contributed by atoms with Crippen LogP contribution in [-0.2, 0) is 9.47 Å². The lowest BCUT2D eigenvalue weighted by Gasteiger charge is -2.21. The Morgan fingerprint density at radius 3 is 2.78 bits per heavy atom. The van der Waals surface area contributed by atoms with E-state index in [9.17, 15) is 0 Å². The van der Waals surface area contributed by atoms with Crippen molar-refractivity contribution >= 4 is 0 Å². The zero-order chi connectivity index (χ0) is 12.8. The third kappa shape index (κ3) is 3.16. The molecular weight excluding hydrogens is 234 g/mol. The highest BCUT2D eigenvalue weighted by Gasteiger charge is 2.25. The van der Waals surface area contributed by atoms with Crippen LogP contribution in [0.15, 0.2) is 12.4 Å². The molecule has 0 saturated carbocycles. The molecule has 100 valence electrons. The van der Waals surface area contributed by atoms with Gasteiger partial charge in [0.15, 0.2) is 6.29 Å². The average molecular weight is 253 g/mol. The normalized spacial score (nSPS) is 17.9. The number of hydrogen-bond donors (Lipinski definition) is 1. The van der Waals surface area contributed by atoms with Gasteiger partial charge in [-0.1, -0.05) is 6.92 Å². The molecule has 18 heavy (non-hydrogen) atoms. The maximum Gasteiger partial charge on any atom is 0.236 e. The summed E-state index contributed by atoms with van der Waals surface area (Å²) in [6.45, 7) is 4.19. The van der Waals surface area contributed by atoms with E-state index in [0.29, 0.717) is 25.5 Å². The number of hydrogen-bond acceptors (Lipinski definition) is 6. The molecule has 1 N–H and O–H groups in total. The number of ether oxygens (including phenoxy) is 3. The highest BCUT2D eigenvalue weighted by atomic mass is 16.7. The molecule has 6 heteroatoms. The summed E-state index contributed by atoms with van der Waals surface area (Å²) in [6.07, 6.45) is 3.80. The van der Waals surface area contributed by atoms with E-state index in [4.69, 9.17) is 14.2 Å². The van der Waals surface area contributed by atoms with Crippen LogP contribution in [0.4, 0.5) is 0 Å². The van der Waals surface area contributed by atoms with E-state index >= 15 is 0 Å². The number of methoxy groups -OCH3 is 1. The lowest BCUT2D eigenvalue weighted by molar-refractivity contribution is -0.0533. The Morgan fingerprint density at radius 1 is 1.39 bits per heavy atom. The van der Waals surface area contributed by atoms with Crippen LogP contribution < -0.4 is 10.1 Å². The zero-order valence-electron chi connectivity index (χ0n) is 10.8. The van der Waals surface area contributed by atoms with Gasteiger partial charge in [0.2, 0.25) is 5.88 Å². The van der Waals surface area contributed by atoms with Crippen LogP contribution in [0.25, 0.3) is 0 Å². The molecule has 6 nitrogen and oxygen atoms in total. The summed E-state index contributed by atoms with van der Waals surface area (Å²) in [6, 6.07) is 0.0155. The van der Waals surface area contributed by atoms with Gasteiger partial charge in [0, 0.05) is 18.8 Å². The van der Waals surface area contributed by atoms with Crippen LogP contribution in [0.3, 0.4) is 0 Å². The summed E-state index contributed by atoms with van der Waals surface area (Å²) >= 11 is 0. The molecule has 1 aromatic heterocycles. The number of nitrogens with zero attached hydrogens (tertiary/aromatic N) is 2. The Bertz CT molecular complexity index is 369. The minimum atomic E-state index is -0.180. The molecule has 2 rings (SSSR count). The fraction of sp³-hybridized carbons (Fsp3) is 0.667. The van der Waals surface area contributed by atoms with E-state index in [2.05, 4.69) is 15.3 Å². The molecule has 0 aromatic carbocycles. The van der Waals surface area contributed by atoms with E-state index < -0.39 is 0 Å². The molecule has 1 unspecified atom stereocenters. The first-order valence-electron chi connectivity index (χ1n) is 6.16. The van der Waals surface area contributed by atoms with E-state index in [0.717, 1.165) is 12.2 Å². The third-order valence-corrected chi connectivity index (χ3v) is 2.78. The SMILES string of the molecule is CCNC(CC1OCCO1)c1nccnc1OC. The van der Waals surface area contributed by atoms with Gasteiger partial charge in [-0.05, 0) is 6.54 Å². The molecule has 1 aliphatic heterocycles. The molecule has 0 radical (unpaired) electrons. The van der Waals surface area contributed by atoms with Gasteiger partial charge in [0.25, 0.3) is 0 Å². The monoisotopic (exact) mass is 253 g/mol. The average Bonchev–Trinajstić information content (AvgIpc) is 2.91. The van der Waals surface area contributed by atoms with Gasteiger partial charge in [0.1, 0.15) is 5.69 Å². The number of nitrogens with one attached hydrogen (secondary N) is 1. The highest BCUT2D eigenvalue weighted by Crippen LogP contribution is 2.26. The highest BCUT2D eigenvalue weighted by molar-refractivity contribution is 5.21. The predicted octanol–water partition coefficient (Wildman–Crippen LogP) is 0.899. The van der Waals surface area contributed by atoms with Crippen LogP contribution in [-0.4, -0.2) is 43.1 Å². The molecule has 0 amide bonds. The molecule has 2 heterocycles. The largest absolute Gasteiger partial charge is 0.480 e. The van der Waals surface area contributed by atoms with Crippen molar-refractivity contribution in [3.05, 3.63) is 18.1 Å². The van der Waals surface area contributed by atoms with Crippen LogP contribution in [0.5, 0.6) is 5.88 Å². The maximum absolute atomic E-state index is 5.47. The van der Waals surface area contributed by atoms with Gasteiger partial charge in [-0.15, -0.1) is 0 Å². The first-order valence-corrected chi connectivity index (χ1v) is 6.16. The molecule has 1 atom stereocenters. The fourth-order valence-corrected chi connectivity index (χ4v) is 2.01. The second kappa shape index (κ2) is 6.63.